The zero-order valence-corrected chi connectivity index (χ0v) is 15.1. The van der Waals surface area contributed by atoms with Gasteiger partial charge >= 0.3 is 5.97 Å². The highest BCUT2D eigenvalue weighted by Gasteiger charge is 2.35. The summed E-state index contributed by atoms with van der Waals surface area (Å²) in [5, 5.41) is 16.4. The van der Waals surface area contributed by atoms with E-state index in [0.717, 1.165) is 18.5 Å². The number of nitrogens with zero attached hydrogens (tertiary/aromatic N) is 3. The first kappa shape index (κ1) is 18.1. The number of nitrogens with one attached hydrogen (secondary N) is 1. The second kappa shape index (κ2) is 7.70. The molecule has 1 aromatic carbocycles. The minimum Gasteiger partial charge on any atom is -0.480 e. The number of carboxylic acids is 1. The molecule has 1 aliphatic carbocycles. The van der Waals surface area contributed by atoms with E-state index in [9.17, 15) is 9.59 Å². The summed E-state index contributed by atoms with van der Waals surface area (Å²) in [7, 11) is 0. The molecule has 1 aromatic heterocycles. The van der Waals surface area contributed by atoms with Crippen LogP contribution >= 0.6 is 0 Å². The molecule has 2 aromatic rings. The third kappa shape index (κ3) is 3.94. The van der Waals surface area contributed by atoms with Gasteiger partial charge < -0.3 is 10.4 Å². The van der Waals surface area contributed by atoms with Crippen LogP contribution < -0.4 is 5.32 Å². The zero-order chi connectivity index (χ0) is 18.7. The largest absolute Gasteiger partial charge is 0.480 e. The van der Waals surface area contributed by atoms with Crippen LogP contribution in [0.4, 0.5) is 0 Å². The average molecular weight is 356 g/mol. The maximum atomic E-state index is 12.6. The van der Waals surface area contributed by atoms with Gasteiger partial charge in [-0.2, -0.15) is 5.10 Å². The number of para-hydroxylation sites is 1. The number of aromatic nitrogens is 2. The van der Waals surface area contributed by atoms with Gasteiger partial charge in [0.15, 0.2) is 0 Å². The van der Waals surface area contributed by atoms with Gasteiger partial charge in [0, 0.05) is 18.3 Å². The second-order valence-corrected chi connectivity index (χ2v) is 6.66. The Morgan fingerprint density at radius 3 is 2.62 bits per heavy atom. The highest BCUT2D eigenvalue weighted by molar-refractivity contribution is 5.95. The number of aryl methyl sites for hydroxylation is 1. The molecule has 7 heteroatoms. The second-order valence-electron chi connectivity index (χ2n) is 6.66. The van der Waals surface area contributed by atoms with Crippen LogP contribution in [0.25, 0.3) is 5.69 Å². The van der Waals surface area contributed by atoms with E-state index in [4.69, 9.17) is 5.11 Å². The van der Waals surface area contributed by atoms with E-state index in [0.29, 0.717) is 17.8 Å². The fraction of sp³-hybridized carbons (Fsp3) is 0.421. The molecule has 0 spiro atoms. The van der Waals surface area contributed by atoms with Gasteiger partial charge in [0.05, 0.1) is 23.5 Å². The molecule has 1 heterocycles. The Kier molecular flexibility index (Phi) is 5.37. The zero-order valence-electron chi connectivity index (χ0n) is 15.1. The third-order valence-corrected chi connectivity index (χ3v) is 4.87. The van der Waals surface area contributed by atoms with Gasteiger partial charge in [-0.05, 0) is 38.4 Å². The van der Waals surface area contributed by atoms with Gasteiger partial charge in [-0.3, -0.25) is 14.5 Å². The Morgan fingerprint density at radius 1 is 1.31 bits per heavy atom. The lowest BCUT2D eigenvalue weighted by Crippen LogP contribution is -2.54. The summed E-state index contributed by atoms with van der Waals surface area (Å²) in [5.41, 5.74) is 2.16. The predicted molar refractivity (Wildman–Crippen MR) is 97.5 cm³/mol. The summed E-state index contributed by atoms with van der Waals surface area (Å²) >= 11 is 0. The minimum absolute atomic E-state index is 0.0464. The van der Waals surface area contributed by atoms with E-state index in [1.807, 2.05) is 49.1 Å². The molecule has 0 atom stereocenters. The Balaban J connectivity index is 1.58. The molecule has 0 aliphatic heterocycles. The molecule has 138 valence electrons. The molecular formula is C19H24N4O3. The fourth-order valence-corrected chi connectivity index (χ4v) is 3.34. The van der Waals surface area contributed by atoms with Crippen molar-refractivity contribution < 1.29 is 14.7 Å². The molecule has 1 amide bonds. The Bertz CT molecular complexity index is 781. The van der Waals surface area contributed by atoms with E-state index in [-0.39, 0.29) is 24.5 Å². The van der Waals surface area contributed by atoms with Crippen molar-refractivity contribution in [1.82, 2.24) is 20.0 Å². The lowest BCUT2D eigenvalue weighted by molar-refractivity contribution is -0.139. The molecule has 1 fully saturated rings. The van der Waals surface area contributed by atoms with Crippen molar-refractivity contribution >= 4 is 11.9 Å². The third-order valence-electron chi connectivity index (χ3n) is 4.87. The van der Waals surface area contributed by atoms with Crippen LogP contribution in [0, 0.1) is 6.92 Å². The molecule has 1 saturated carbocycles. The first-order valence-electron chi connectivity index (χ1n) is 8.86. The summed E-state index contributed by atoms with van der Waals surface area (Å²) < 4.78 is 1.71. The molecule has 0 bridgehead atoms. The smallest absolute Gasteiger partial charge is 0.317 e. The van der Waals surface area contributed by atoms with Gasteiger partial charge in [0.2, 0.25) is 0 Å². The van der Waals surface area contributed by atoms with Crippen LogP contribution in [0.5, 0.6) is 0 Å². The minimum atomic E-state index is -0.816. The summed E-state index contributed by atoms with van der Waals surface area (Å²) in [4.78, 5) is 25.4. The molecular weight excluding hydrogens is 332 g/mol. The van der Waals surface area contributed by atoms with E-state index >= 15 is 0 Å². The van der Waals surface area contributed by atoms with Gasteiger partial charge in [0.1, 0.15) is 0 Å². The van der Waals surface area contributed by atoms with Crippen molar-refractivity contribution in [3.05, 3.63) is 47.8 Å². The van der Waals surface area contributed by atoms with Gasteiger partial charge in [0.25, 0.3) is 5.91 Å². The maximum Gasteiger partial charge on any atom is 0.317 e. The van der Waals surface area contributed by atoms with Crippen molar-refractivity contribution in [2.75, 3.05) is 13.1 Å². The van der Waals surface area contributed by atoms with Crippen LogP contribution in [-0.2, 0) is 4.79 Å². The monoisotopic (exact) mass is 356 g/mol. The normalized spacial score (nSPS) is 19.2. The number of rotatable bonds is 7. The topological polar surface area (TPSA) is 87.5 Å². The number of carbonyl (C=O) groups excluding carboxylic acids is 1. The van der Waals surface area contributed by atoms with Crippen molar-refractivity contribution in [1.29, 1.82) is 0 Å². The van der Waals surface area contributed by atoms with E-state index in [1.54, 1.807) is 10.9 Å². The molecule has 1 aliphatic rings. The van der Waals surface area contributed by atoms with Crippen LogP contribution in [0.2, 0.25) is 0 Å². The van der Waals surface area contributed by atoms with Gasteiger partial charge in [-0.1, -0.05) is 25.1 Å². The molecule has 0 radical (unpaired) electrons. The predicted octanol–water partition coefficient (Wildman–Crippen LogP) is 1.85. The number of hydrogen-bond acceptors (Lipinski definition) is 4. The first-order valence-corrected chi connectivity index (χ1v) is 8.86. The van der Waals surface area contributed by atoms with E-state index < -0.39 is 5.97 Å². The highest BCUT2D eigenvalue weighted by Crippen LogP contribution is 2.26. The van der Waals surface area contributed by atoms with Crippen molar-refractivity contribution in [3.8, 4) is 5.69 Å². The molecule has 7 nitrogen and oxygen atoms in total. The molecule has 3 rings (SSSR count). The number of carboxylic acid groups (broad SMARTS) is 1. The number of likely N-dealkylation sites (N-methyl/N-ethyl adjacent to an activating group) is 1. The van der Waals surface area contributed by atoms with Crippen molar-refractivity contribution in [3.63, 3.8) is 0 Å². The van der Waals surface area contributed by atoms with Crippen LogP contribution in [0.3, 0.4) is 0 Å². The number of benzene rings is 1. The van der Waals surface area contributed by atoms with Crippen molar-refractivity contribution in [2.24, 2.45) is 0 Å². The lowest BCUT2D eigenvalue weighted by Gasteiger charge is -2.42. The molecule has 2 N–H and O–H groups in total. The van der Waals surface area contributed by atoms with Crippen molar-refractivity contribution in [2.45, 2.75) is 38.8 Å². The summed E-state index contributed by atoms with van der Waals surface area (Å²) in [6, 6.07) is 9.96. The number of amides is 1. The number of hydrogen-bond donors (Lipinski definition) is 2. The number of carbonyl (C=O) groups is 2. The Morgan fingerprint density at radius 2 is 2.00 bits per heavy atom. The van der Waals surface area contributed by atoms with E-state index in [2.05, 4.69) is 10.4 Å². The van der Waals surface area contributed by atoms with Gasteiger partial charge in [-0.25, -0.2) is 4.68 Å². The molecule has 0 saturated heterocycles. The Hall–Kier alpha value is -2.67. The number of aliphatic carboxylic acids is 1. The first-order chi connectivity index (χ1) is 12.5. The molecule has 0 unspecified atom stereocenters. The van der Waals surface area contributed by atoms with Gasteiger partial charge in [-0.15, -0.1) is 0 Å². The fourth-order valence-electron chi connectivity index (χ4n) is 3.34. The van der Waals surface area contributed by atoms with Crippen LogP contribution in [-0.4, -0.2) is 56.8 Å². The highest BCUT2D eigenvalue weighted by atomic mass is 16.4. The molecule has 26 heavy (non-hydrogen) atoms. The summed E-state index contributed by atoms with van der Waals surface area (Å²) in [6.07, 6.45) is 3.30. The average Bonchev–Trinajstić information content (AvgIpc) is 2.98. The SMILES string of the molecule is CCN(CC(=O)O)C1CC(NC(=O)c2cn(-c3ccccc3)nc2C)C1. The van der Waals surface area contributed by atoms with Crippen LogP contribution in [0.15, 0.2) is 36.5 Å². The standard InChI is InChI=1S/C19H24N4O3/c1-3-22(12-18(24)25)16-9-14(10-16)20-19(26)17-11-23(21-13(17)2)15-7-5-4-6-8-15/h4-8,11,14,16H,3,9-10,12H2,1-2H3,(H,20,26)(H,24,25). The quantitative estimate of drug-likeness (QED) is 0.790. The summed E-state index contributed by atoms with van der Waals surface area (Å²) in [5.74, 6) is -0.947. The van der Waals surface area contributed by atoms with Crippen LogP contribution in [0.1, 0.15) is 35.8 Å². The Labute approximate surface area is 152 Å². The van der Waals surface area contributed by atoms with E-state index in [1.165, 1.54) is 0 Å². The maximum absolute atomic E-state index is 12.6. The lowest BCUT2D eigenvalue weighted by atomic mass is 9.85. The summed E-state index contributed by atoms with van der Waals surface area (Å²) in [6.45, 7) is 4.52.